The zero-order chi connectivity index (χ0) is 15.6. The van der Waals surface area contributed by atoms with Crippen LogP contribution in [-0.4, -0.2) is 54.5 Å². The predicted octanol–water partition coefficient (Wildman–Crippen LogP) is -1.04. The molecule has 0 aromatic carbocycles. The number of nitrogens with one attached hydrogen (secondary N) is 1. The monoisotopic (exact) mass is 315 g/mol. The summed E-state index contributed by atoms with van der Waals surface area (Å²) in [6, 6.07) is 0.0298. The quantitative estimate of drug-likeness (QED) is 0.721. The fourth-order valence-corrected chi connectivity index (χ4v) is 3.26. The molecule has 1 aliphatic rings. The second-order valence-electron chi connectivity index (χ2n) is 5.27. The van der Waals surface area contributed by atoms with Gasteiger partial charge in [-0.05, 0) is 13.3 Å². The van der Waals surface area contributed by atoms with Gasteiger partial charge in [0.1, 0.15) is 5.82 Å². The molecule has 0 aliphatic carbocycles. The van der Waals surface area contributed by atoms with Crippen molar-refractivity contribution >= 4 is 15.9 Å². The van der Waals surface area contributed by atoms with Gasteiger partial charge in [-0.2, -0.15) is 0 Å². The number of aromatic nitrogens is 2. The second-order valence-corrected chi connectivity index (χ2v) is 6.99. The van der Waals surface area contributed by atoms with E-state index in [-0.39, 0.29) is 29.9 Å². The fraction of sp³-hybridized carbons (Fsp3) is 0.667. The zero-order valence-electron chi connectivity index (χ0n) is 12.2. The third-order valence-electron chi connectivity index (χ3n) is 3.57. The molecule has 8 nitrogen and oxygen atoms in total. The number of hydrogen-bond acceptors (Lipinski definition) is 5. The minimum Gasteiger partial charge on any atom is -0.341 e. The van der Waals surface area contributed by atoms with Crippen LogP contribution in [0.2, 0.25) is 0 Å². The van der Waals surface area contributed by atoms with E-state index in [1.807, 2.05) is 0 Å². The third kappa shape index (κ3) is 3.80. The minimum absolute atomic E-state index is 0.0295. The summed E-state index contributed by atoms with van der Waals surface area (Å²) < 4.78 is 28.1. The molecule has 0 saturated carbocycles. The van der Waals surface area contributed by atoms with E-state index in [1.165, 1.54) is 6.20 Å². The number of nitrogens with zero attached hydrogens (tertiary/aromatic N) is 3. The maximum Gasteiger partial charge on any atom is 0.259 e. The van der Waals surface area contributed by atoms with Gasteiger partial charge < -0.3 is 15.2 Å². The van der Waals surface area contributed by atoms with Gasteiger partial charge in [-0.1, -0.05) is 0 Å². The van der Waals surface area contributed by atoms with Gasteiger partial charge >= 0.3 is 0 Å². The van der Waals surface area contributed by atoms with Crippen LogP contribution in [0, 0.1) is 6.92 Å². The standard InChI is InChI=1S/C12H21N5O3S/c1-9-15-11(8-16(9)2)21(19,20)14-5-3-12(18)17-6-4-10(13)7-17/h8,10,14H,3-7,13H2,1-2H3/t10-/m1/s1. The Morgan fingerprint density at radius 1 is 1.57 bits per heavy atom. The summed E-state index contributed by atoms with van der Waals surface area (Å²) in [7, 11) is -1.95. The SMILES string of the molecule is Cc1nc(S(=O)(=O)NCCC(=O)N2CC[C@@H](N)C2)cn1C. The molecule has 1 aliphatic heterocycles. The van der Waals surface area contributed by atoms with E-state index in [4.69, 9.17) is 5.73 Å². The summed E-state index contributed by atoms with van der Waals surface area (Å²) >= 11 is 0. The van der Waals surface area contributed by atoms with Crippen LogP contribution >= 0.6 is 0 Å². The van der Waals surface area contributed by atoms with Crippen LogP contribution in [0.25, 0.3) is 0 Å². The first-order valence-corrected chi connectivity index (χ1v) is 8.31. The number of aryl methyl sites for hydroxylation is 2. The van der Waals surface area contributed by atoms with Crippen molar-refractivity contribution in [3.05, 3.63) is 12.0 Å². The molecule has 21 heavy (non-hydrogen) atoms. The van der Waals surface area contributed by atoms with Gasteiger partial charge in [0.2, 0.25) is 5.91 Å². The van der Waals surface area contributed by atoms with E-state index in [2.05, 4.69) is 9.71 Å². The van der Waals surface area contributed by atoms with Crippen molar-refractivity contribution in [2.75, 3.05) is 19.6 Å². The van der Waals surface area contributed by atoms with Crippen molar-refractivity contribution in [3.63, 3.8) is 0 Å². The number of hydrogen-bond donors (Lipinski definition) is 2. The molecule has 1 saturated heterocycles. The lowest BCUT2D eigenvalue weighted by atomic mass is 10.3. The van der Waals surface area contributed by atoms with Crippen LogP contribution in [0.4, 0.5) is 0 Å². The molecular formula is C12H21N5O3S. The van der Waals surface area contributed by atoms with E-state index < -0.39 is 10.0 Å². The summed E-state index contributed by atoms with van der Waals surface area (Å²) in [5.41, 5.74) is 5.74. The van der Waals surface area contributed by atoms with Crippen molar-refractivity contribution in [1.29, 1.82) is 0 Å². The summed E-state index contributed by atoms with van der Waals surface area (Å²) in [4.78, 5) is 17.5. The first-order valence-electron chi connectivity index (χ1n) is 6.82. The molecule has 118 valence electrons. The highest BCUT2D eigenvalue weighted by atomic mass is 32.2. The van der Waals surface area contributed by atoms with E-state index in [0.29, 0.717) is 18.9 Å². The molecule has 0 unspecified atom stereocenters. The number of imidazole rings is 1. The number of carbonyl (C=O) groups is 1. The fourth-order valence-electron chi connectivity index (χ4n) is 2.19. The Bertz CT molecular complexity index is 605. The molecule has 2 rings (SSSR count). The molecular weight excluding hydrogens is 294 g/mol. The average Bonchev–Trinajstić information content (AvgIpc) is 2.97. The lowest BCUT2D eigenvalue weighted by Crippen LogP contribution is -2.35. The highest BCUT2D eigenvalue weighted by molar-refractivity contribution is 7.89. The summed E-state index contributed by atoms with van der Waals surface area (Å²) in [5.74, 6) is 0.528. The van der Waals surface area contributed by atoms with E-state index in [9.17, 15) is 13.2 Å². The smallest absolute Gasteiger partial charge is 0.259 e. The number of nitrogens with two attached hydrogens (primary N) is 1. The Labute approximate surface area is 124 Å². The van der Waals surface area contributed by atoms with Gasteiger partial charge in [-0.3, -0.25) is 4.79 Å². The average molecular weight is 315 g/mol. The minimum atomic E-state index is -3.67. The first-order chi connectivity index (χ1) is 9.79. The maximum atomic E-state index is 12.0. The van der Waals surface area contributed by atoms with Crippen molar-refractivity contribution in [2.45, 2.75) is 30.8 Å². The molecule has 1 aromatic rings. The third-order valence-corrected chi connectivity index (χ3v) is 4.90. The van der Waals surface area contributed by atoms with Crippen LogP contribution in [-0.2, 0) is 21.9 Å². The van der Waals surface area contributed by atoms with Gasteiger partial charge in [0.05, 0.1) is 0 Å². The molecule has 3 N–H and O–H groups in total. The molecule has 9 heteroatoms. The molecule has 0 spiro atoms. The normalized spacial score (nSPS) is 19.2. The lowest BCUT2D eigenvalue weighted by Gasteiger charge is -2.15. The van der Waals surface area contributed by atoms with Crippen molar-refractivity contribution < 1.29 is 13.2 Å². The van der Waals surface area contributed by atoms with Crippen LogP contribution in [0.1, 0.15) is 18.7 Å². The summed E-state index contributed by atoms with van der Waals surface area (Å²) in [6.07, 6.45) is 2.36. The summed E-state index contributed by atoms with van der Waals surface area (Å²) in [6.45, 7) is 2.97. The zero-order valence-corrected chi connectivity index (χ0v) is 13.1. The maximum absolute atomic E-state index is 12.0. The van der Waals surface area contributed by atoms with E-state index in [1.54, 1.807) is 23.4 Å². The number of amides is 1. The second kappa shape index (κ2) is 6.12. The van der Waals surface area contributed by atoms with Crippen LogP contribution in [0.3, 0.4) is 0 Å². The Hall–Kier alpha value is -1.45. The Morgan fingerprint density at radius 3 is 2.81 bits per heavy atom. The number of likely N-dealkylation sites (tertiary alicyclic amines) is 1. The van der Waals surface area contributed by atoms with Gasteiger partial charge in [-0.25, -0.2) is 18.1 Å². The molecule has 1 amide bonds. The number of rotatable bonds is 5. The van der Waals surface area contributed by atoms with E-state index >= 15 is 0 Å². The van der Waals surface area contributed by atoms with Crippen molar-refractivity contribution in [1.82, 2.24) is 19.2 Å². The topological polar surface area (TPSA) is 110 Å². The van der Waals surface area contributed by atoms with E-state index in [0.717, 1.165) is 6.42 Å². The molecule has 1 atom stereocenters. The van der Waals surface area contributed by atoms with Crippen molar-refractivity contribution in [3.8, 4) is 0 Å². The Morgan fingerprint density at radius 2 is 2.29 bits per heavy atom. The Kier molecular flexibility index (Phi) is 4.64. The molecule has 1 fully saturated rings. The Balaban J connectivity index is 1.86. The molecule has 0 bridgehead atoms. The van der Waals surface area contributed by atoms with Gasteiger partial charge in [0.25, 0.3) is 10.0 Å². The highest BCUT2D eigenvalue weighted by Gasteiger charge is 2.24. The molecule has 1 aromatic heterocycles. The molecule has 0 radical (unpaired) electrons. The van der Waals surface area contributed by atoms with Crippen LogP contribution in [0.5, 0.6) is 0 Å². The highest BCUT2D eigenvalue weighted by Crippen LogP contribution is 2.09. The largest absolute Gasteiger partial charge is 0.341 e. The first kappa shape index (κ1) is 15.9. The molecule has 2 heterocycles. The van der Waals surface area contributed by atoms with Gasteiger partial charge in [-0.15, -0.1) is 0 Å². The number of sulfonamides is 1. The predicted molar refractivity (Wildman–Crippen MR) is 76.9 cm³/mol. The van der Waals surface area contributed by atoms with Crippen LogP contribution in [0.15, 0.2) is 11.2 Å². The van der Waals surface area contributed by atoms with Gasteiger partial charge in [0, 0.05) is 45.3 Å². The number of carbonyl (C=O) groups excluding carboxylic acids is 1. The van der Waals surface area contributed by atoms with Crippen molar-refractivity contribution in [2.24, 2.45) is 12.8 Å². The lowest BCUT2D eigenvalue weighted by molar-refractivity contribution is -0.130. The summed E-state index contributed by atoms with van der Waals surface area (Å²) in [5, 5.41) is -0.0295. The van der Waals surface area contributed by atoms with Crippen LogP contribution < -0.4 is 10.5 Å². The van der Waals surface area contributed by atoms with Gasteiger partial charge in [0.15, 0.2) is 5.03 Å².